The van der Waals surface area contributed by atoms with Gasteiger partial charge < -0.3 is 46.7 Å². The molecule has 0 bridgehead atoms. The Morgan fingerprint density at radius 1 is 0.623 bits per heavy atom. The summed E-state index contributed by atoms with van der Waals surface area (Å²) in [5.41, 5.74) is 2.20. The number of rotatable bonds is 29. The summed E-state index contributed by atoms with van der Waals surface area (Å²) >= 11 is 0. The Balaban J connectivity index is 1.40. The molecule has 1 fully saturated rings. The Bertz CT molecular complexity index is 2510. The number of hydrogen-bond donors (Lipinski definition) is 0. The van der Waals surface area contributed by atoms with Gasteiger partial charge in [0.2, 0.25) is 0 Å². The van der Waals surface area contributed by atoms with Gasteiger partial charge in [0.25, 0.3) is 8.32 Å². The highest BCUT2D eigenvalue weighted by Crippen LogP contribution is 2.45. The maximum absolute atomic E-state index is 7.69. The van der Waals surface area contributed by atoms with Gasteiger partial charge in [-0.1, -0.05) is 170 Å². The van der Waals surface area contributed by atoms with Gasteiger partial charge in [-0.15, -0.1) is 0 Å². The third kappa shape index (κ3) is 16.8. The van der Waals surface area contributed by atoms with Gasteiger partial charge in [0.1, 0.15) is 22.8 Å². The van der Waals surface area contributed by atoms with Crippen LogP contribution in [0.4, 0.5) is 0 Å². The molecule has 10 nitrogen and oxygen atoms in total. The van der Waals surface area contributed by atoms with Crippen LogP contribution in [0.15, 0.2) is 158 Å². The molecule has 0 unspecified atom stereocenters. The van der Waals surface area contributed by atoms with Crippen LogP contribution in [0.2, 0.25) is 23.2 Å². The summed E-state index contributed by atoms with van der Waals surface area (Å²) in [5, 5.41) is 2.16. The third-order valence-corrected chi connectivity index (χ3v) is 24.8. The fourth-order valence-corrected chi connectivity index (χ4v) is 15.9. The summed E-state index contributed by atoms with van der Waals surface area (Å²) in [6, 6.07) is 45.7. The molecular formula is C65H90O10Si2. The van der Waals surface area contributed by atoms with Crippen LogP contribution in [-0.2, 0) is 52.4 Å². The van der Waals surface area contributed by atoms with Gasteiger partial charge in [0.05, 0.1) is 72.7 Å². The topological polar surface area (TPSA) is 92.3 Å². The molecule has 0 saturated carbocycles. The van der Waals surface area contributed by atoms with Crippen molar-refractivity contribution in [1.29, 1.82) is 0 Å². The highest BCUT2D eigenvalue weighted by molar-refractivity contribution is 6.99. The molecule has 1 aliphatic rings. The molecule has 1 saturated heterocycles. The molecule has 5 aromatic carbocycles. The molecule has 0 aliphatic carbocycles. The van der Waals surface area contributed by atoms with E-state index in [2.05, 4.69) is 159 Å². The number of ether oxygens (including phenoxy) is 8. The first kappa shape index (κ1) is 61.3. The maximum atomic E-state index is 7.69. The highest BCUT2D eigenvalue weighted by Gasteiger charge is 2.55. The van der Waals surface area contributed by atoms with Gasteiger partial charge >= 0.3 is 0 Å². The summed E-state index contributed by atoms with van der Waals surface area (Å²) in [6.45, 7) is 27.2. The summed E-state index contributed by atoms with van der Waals surface area (Å²) in [7, 11) is -0.256. The molecule has 1 heterocycles. The average Bonchev–Trinajstić information content (AvgIpc) is 3.68. The summed E-state index contributed by atoms with van der Waals surface area (Å²) < 4.78 is 65.7. The summed E-state index contributed by atoms with van der Waals surface area (Å²) in [4.78, 5) is 0. The minimum atomic E-state index is -2.95. The van der Waals surface area contributed by atoms with Crippen molar-refractivity contribution in [3.8, 4) is 17.2 Å². The van der Waals surface area contributed by atoms with E-state index >= 15 is 0 Å². The molecule has 6 rings (SSSR count). The molecule has 12 heteroatoms. The van der Waals surface area contributed by atoms with Crippen molar-refractivity contribution >= 4 is 27.0 Å². The van der Waals surface area contributed by atoms with Crippen molar-refractivity contribution in [2.24, 2.45) is 5.92 Å². The Hall–Kier alpha value is -4.87. The summed E-state index contributed by atoms with van der Waals surface area (Å²) in [6.07, 6.45) is 9.49. The minimum Gasteiger partial charge on any atom is -0.497 e. The lowest BCUT2D eigenvalue weighted by Crippen LogP contribution is -2.66. The predicted molar refractivity (Wildman–Crippen MR) is 317 cm³/mol. The summed E-state index contributed by atoms with van der Waals surface area (Å²) in [5.74, 6) is 1.46. The Kier molecular flexibility index (Phi) is 22.2. The third-order valence-electron chi connectivity index (χ3n) is 15.2. The van der Waals surface area contributed by atoms with E-state index in [-0.39, 0.29) is 28.2 Å². The van der Waals surface area contributed by atoms with Crippen LogP contribution < -0.4 is 24.6 Å². The lowest BCUT2D eigenvalue weighted by molar-refractivity contribution is -0.158. The normalized spacial score (nSPS) is 18.4. The van der Waals surface area contributed by atoms with Crippen molar-refractivity contribution in [3.05, 3.63) is 174 Å². The second-order valence-electron chi connectivity index (χ2n) is 23.3. The molecule has 0 N–H and O–H groups in total. The predicted octanol–water partition coefficient (Wildman–Crippen LogP) is 13.8. The fourth-order valence-electron chi connectivity index (χ4n) is 9.98. The zero-order valence-corrected chi connectivity index (χ0v) is 50.8. The Morgan fingerprint density at radius 2 is 1.12 bits per heavy atom. The van der Waals surface area contributed by atoms with Crippen LogP contribution in [-0.4, -0.2) is 87.5 Å². The average molecular weight is 1090 g/mol. The molecule has 77 heavy (non-hydrogen) atoms. The van der Waals surface area contributed by atoms with Gasteiger partial charge in [0, 0.05) is 25.4 Å². The van der Waals surface area contributed by atoms with E-state index in [1.54, 1.807) is 21.3 Å². The Morgan fingerprint density at radius 3 is 1.58 bits per heavy atom. The van der Waals surface area contributed by atoms with Crippen LogP contribution in [0.25, 0.3) is 0 Å². The van der Waals surface area contributed by atoms with Crippen molar-refractivity contribution in [2.45, 2.75) is 154 Å². The number of methoxy groups -OCH3 is 3. The SMILES string of the molecule is CC[C@@H](/C=C\COCc1ccc(OC)cc1)[C@H](/C=C/[C@@]1(CCO[Si](c2ccccc2)(c2ccccc2)C(C)(C)C)OC(C)(C)O[C@@H]1C[C@H](COCc1ccc(OC)cc1)O[Si](C)(C)C(C)(C)C)OCc1ccc(OC)cc1. The largest absolute Gasteiger partial charge is 0.497 e. The zero-order valence-electron chi connectivity index (χ0n) is 48.8. The first-order chi connectivity index (χ1) is 36.7. The minimum absolute atomic E-state index is 0.00528. The smallest absolute Gasteiger partial charge is 0.261 e. The van der Waals surface area contributed by atoms with E-state index < -0.39 is 34.1 Å². The Labute approximate surface area is 464 Å². The van der Waals surface area contributed by atoms with Crippen LogP contribution >= 0.6 is 0 Å². The van der Waals surface area contributed by atoms with E-state index in [4.69, 9.17) is 46.7 Å². The second kappa shape index (κ2) is 27.8. The van der Waals surface area contributed by atoms with Gasteiger partial charge in [-0.2, -0.15) is 0 Å². The number of hydrogen-bond acceptors (Lipinski definition) is 10. The van der Waals surface area contributed by atoms with Crippen molar-refractivity contribution < 1.29 is 46.7 Å². The van der Waals surface area contributed by atoms with Gasteiger partial charge in [0.15, 0.2) is 14.1 Å². The van der Waals surface area contributed by atoms with Crippen LogP contribution in [0.1, 0.15) is 98.3 Å². The van der Waals surface area contributed by atoms with Crippen molar-refractivity contribution in [1.82, 2.24) is 0 Å². The molecule has 5 atom stereocenters. The lowest BCUT2D eigenvalue weighted by atomic mass is 9.87. The van der Waals surface area contributed by atoms with E-state index in [1.165, 1.54) is 10.4 Å². The molecule has 0 aromatic heterocycles. The van der Waals surface area contributed by atoms with Crippen molar-refractivity contribution in [3.63, 3.8) is 0 Å². The number of benzene rings is 5. The zero-order chi connectivity index (χ0) is 55.7. The molecule has 0 spiro atoms. The second-order valence-corrected chi connectivity index (χ2v) is 32.3. The quantitative estimate of drug-likeness (QED) is 0.0262. The van der Waals surface area contributed by atoms with E-state index in [1.807, 2.05) is 74.5 Å². The van der Waals surface area contributed by atoms with Crippen LogP contribution in [0.3, 0.4) is 0 Å². The molecular weight excluding hydrogens is 997 g/mol. The van der Waals surface area contributed by atoms with E-state index in [0.717, 1.165) is 40.4 Å². The standard InChI is InChI=1S/C65H90O10Si2/c1-15-53(23-22-43-69-46-50-28-34-54(66-10)35-29-50)60(71-48-52-32-38-56(68-12)39-33-52)40-41-65(42-44-72-77(63(5,6)7,58-24-18-16-19-25-58)59-26-20-17-21-27-59)61(73-64(8,9)75-65)45-57(74-76(13,14)62(2,3)4)49-70-47-51-30-36-55(67-11)37-31-51/h16-41,53,57,60-61H,15,42-49H2,1-14H3/b23-22-,41-40+/t53-,57+,60-,61+,65-/m0/s1. The first-order valence-corrected chi connectivity index (χ1v) is 32.3. The van der Waals surface area contributed by atoms with Crippen molar-refractivity contribution in [2.75, 3.05) is 41.2 Å². The maximum Gasteiger partial charge on any atom is 0.261 e. The lowest BCUT2D eigenvalue weighted by Gasteiger charge is -2.44. The van der Waals surface area contributed by atoms with Crippen LogP contribution in [0.5, 0.6) is 17.2 Å². The molecule has 5 aromatic rings. The fraction of sp³-hybridized carbons (Fsp3) is 0.477. The van der Waals surface area contributed by atoms with Gasteiger partial charge in [-0.05, 0) is 107 Å². The van der Waals surface area contributed by atoms with E-state index in [0.29, 0.717) is 52.5 Å². The van der Waals surface area contributed by atoms with Gasteiger partial charge in [-0.3, -0.25) is 0 Å². The van der Waals surface area contributed by atoms with E-state index in [9.17, 15) is 0 Å². The highest BCUT2D eigenvalue weighted by atomic mass is 28.4. The molecule has 0 radical (unpaired) electrons. The molecule has 1 aliphatic heterocycles. The van der Waals surface area contributed by atoms with Gasteiger partial charge in [-0.25, -0.2) is 0 Å². The molecule has 418 valence electrons. The molecule has 0 amide bonds. The van der Waals surface area contributed by atoms with Crippen LogP contribution in [0, 0.1) is 5.92 Å². The monoisotopic (exact) mass is 1090 g/mol. The first-order valence-electron chi connectivity index (χ1n) is 27.5.